The molecule has 2 aliphatic heterocycles. The molecule has 1 amide bonds. The van der Waals surface area contributed by atoms with Crippen molar-refractivity contribution in [1.82, 2.24) is 5.32 Å². The number of nitrogens with one attached hydrogen (secondary N) is 1. The molecule has 0 spiro atoms. The number of hydrogen-bond acceptors (Lipinski definition) is 4. The van der Waals surface area contributed by atoms with Gasteiger partial charge in [0.15, 0.2) is 0 Å². The second-order valence-electron chi connectivity index (χ2n) is 5.68. The maximum atomic E-state index is 11.8. The van der Waals surface area contributed by atoms with Crippen LogP contribution in [0.25, 0.3) is 0 Å². The first-order valence-electron chi connectivity index (χ1n) is 6.18. The molecule has 0 radical (unpaired) electrons. The molecule has 2 bridgehead atoms. The zero-order valence-corrected chi connectivity index (χ0v) is 10.9. The maximum absolute atomic E-state index is 11.8. The van der Waals surface area contributed by atoms with Crippen molar-refractivity contribution in [3.63, 3.8) is 0 Å². The van der Waals surface area contributed by atoms with Crippen LogP contribution in [0.4, 0.5) is 4.79 Å². The number of rotatable bonds is 2. The summed E-state index contributed by atoms with van der Waals surface area (Å²) in [5.41, 5.74) is -0.532. The van der Waals surface area contributed by atoms with Crippen molar-refractivity contribution in [2.75, 3.05) is 6.54 Å². The highest BCUT2D eigenvalue weighted by molar-refractivity contribution is 5.84. The van der Waals surface area contributed by atoms with Gasteiger partial charge in [-0.15, -0.1) is 0 Å². The Kier molecular flexibility index (Phi) is 3.43. The summed E-state index contributed by atoms with van der Waals surface area (Å²) in [5, 5.41) is 2.63. The van der Waals surface area contributed by atoms with Crippen LogP contribution in [0.2, 0.25) is 0 Å². The molecule has 0 aliphatic carbocycles. The Hall–Kier alpha value is -1.36. The molecule has 1 N–H and O–H groups in total. The van der Waals surface area contributed by atoms with Gasteiger partial charge in [0.05, 0.1) is 18.1 Å². The number of ether oxygens (including phenoxy) is 2. The van der Waals surface area contributed by atoms with E-state index in [1.807, 2.05) is 12.2 Å². The van der Waals surface area contributed by atoms with E-state index in [4.69, 9.17) is 9.47 Å². The van der Waals surface area contributed by atoms with Gasteiger partial charge in [0.25, 0.3) is 0 Å². The van der Waals surface area contributed by atoms with Gasteiger partial charge >= 0.3 is 6.09 Å². The summed E-state index contributed by atoms with van der Waals surface area (Å²) in [5.74, 6) is -0.162. The van der Waals surface area contributed by atoms with E-state index in [1.54, 1.807) is 20.8 Å². The third-order valence-corrected chi connectivity index (χ3v) is 2.93. The molecular formula is C13H19NO4. The molecule has 0 aromatic heterocycles. The molecule has 1 saturated heterocycles. The van der Waals surface area contributed by atoms with Crippen LogP contribution in [0.15, 0.2) is 12.2 Å². The number of carbonyl (C=O) groups is 2. The van der Waals surface area contributed by atoms with Crippen molar-refractivity contribution < 1.29 is 19.1 Å². The number of Topliss-reactive ketones (excluding diaryl/α,β-unsaturated/α-hetero) is 1. The van der Waals surface area contributed by atoms with Gasteiger partial charge in [-0.1, -0.05) is 12.2 Å². The van der Waals surface area contributed by atoms with Crippen molar-refractivity contribution in [3.05, 3.63) is 12.2 Å². The minimum absolute atomic E-state index is 0.0692. The summed E-state index contributed by atoms with van der Waals surface area (Å²) >= 11 is 0. The van der Waals surface area contributed by atoms with E-state index < -0.39 is 11.7 Å². The molecule has 0 aromatic carbocycles. The lowest BCUT2D eigenvalue weighted by Crippen LogP contribution is -2.44. The first kappa shape index (κ1) is 13.1. The van der Waals surface area contributed by atoms with Gasteiger partial charge in [0.2, 0.25) is 0 Å². The van der Waals surface area contributed by atoms with E-state index in [-0.39, 0.29) is 30.5 Å². The predicted molar refractivity (Wildman–Crippen MR) is 65.2 cm³/mol. The fourth-order valence-corrected chi connectivity index (χ4v) is 2.14. The summed E-state index contributed by atoms with van der Waals surface area (Å²) in [6.07, 6.45) is 3.44. The molecule has 5 nitrogen and oxygen atoms in total. The van der Waals surface area contributed by atoms with Crippen molar-refractivity contribution in [2.45, 2.75) is 45.0 Å². The van der Waals surface area contributed by atoms with Crippen LogP contribution in [0.3, 0.4) is 0 Å². The molecule has 18 heavy (non-hydrogen) atoms. The van der Waals surface area contributed by atoms with Crippen LogP contribution in [-0.2, 0) is 14.3 Å². The van der Waals surface area contributed by atoms with E-state index in [1.165, 1.54) is 0 Å². The standard InChI is InChI=1S/C13H19NO4/c1-13(2,3)18-12(16)14-7-9-10(15)6-8-4-5-11(9)17-8/h4-5,8-9,11H,6-7H2,1-3H3,(H,14,16)/t8-,9+,11+/m0/s1. The molecule has 3 atom stereocenters. The summed E-state index contributed by atoms with van der Waals surface area (Å²) in [6, 6.07) is 0. The van der Waals surface area contributed by atoms with Crippen LogP contribution in [0, 0.1) is 5.92 Å². The number of hydrogen-bond donors (Lipinski definition) is 1. The lowest BCUT2D eigenvalue weighted by atomic mass is 9.94. The second-order valence-corrected chi connectivity index (χ2v) is 5.68. The molecular weight excluding hydrogens is 234 g/mol. The van der Waals surface area contributed by atoms with Gasteiger partial charge in [-0.2, -0.15) is 0 Å². The summed E-state index contributed by atoms with van der Waals surface area (Å²) in [4.78, 5) is 23.4. The summed E-state index contributed by atoms with van der Waals surface area (Å²) in [6.45, 7) is 5.65. The van der Waals surface area contributed by atoms with Crippen LogP contribution >= 0.6 is 0 Å². The monoisotopic (exact) mass is 253 g/mol. The number of amides is 1. The average Bonchev–Trinajstić information content (AvgIpc) is 2.58. The fraction of sp³-hybridized carbons (Fsp3) is 0.692. The molecule has 0 saturated carbocycles. The minimum Gasteiger partial charge on any atom is -0.444 e. The highest BCUT2D eigenvalue weighted by Crippen LogP contribution is 2.28. The molecule has 1 fully saturated rings. The third kappa shape index (κ3) is 3.10. The Morgan fingerprint density at radius 1 is 1.50 bits per heavy atom. The van der Waals surface area contributed by atoms with Crippen molar-refractivity contribution >= 4 is 11.9 Å². The number of alkyl carbamates (subject to hydrolysis) is 1. The smallest absolute Gasteiger partial charge is 0.407 e. The van der Waals surface area contributed by atoms with Gasteiger partial charge in [-0.05, 0) is 20.8 Å². The van der Waals surface area contributed by atoms with Gasteiger partial charge in [0.1, 0.15) is 11.4 Å². The van der Waals surface area contributed by atoms with Crippen LogP contribution in [0.5, 0.6) is 0 Å². The SMILES string of the molecule is CC(C)(C)OC(=O)NC[C@@H]1C(=O)C[C@@H]2C=C[C@H]1O2. The molecule has 2 aliphatic rings. The molecule has 2 heterocycles. The zero-order valence-electron chi connectivity index (χ0n) is 10.9. The van der Waals surface area contributed by atoms with Crippen LogP contribution < -0.4 is 5.32 Å². The highest BCUT2D eigenvalue weighted by Gasteiger charge is 2.38. The van der Waals surface area contributed by atoms with E-state index >= 15 is 0 Å². The lowest BCUT2D eigenvalue weighted by Gasteiger charge is -2.28. The van der Waals surface area contributed by atoms with E-state index in [0.29, 0.717) is 6.42 Å². The Morgan fingerprint density at radius 3 is 2.89 bits per heavy atom. The molecule has 100 valence electrons. The summed E-state index contributed by atoms with van der Waals surface area (Å²) in [7, 11) is 0. The van der Waals surface area contributed by atoms with E-state index in [0.717, 1.165) is 0 Å². The largest absolute Gasteiger partial charge is 0.444 e. The lowest BCUT2D eigenvalue weighted by molar-refractivity contribution is -0.135. The summed E-state index contributed by atoms with van der Waals surface area (Å²) < 4.78 is 10.7. The molecule has 2 rings (SSSR count). The van der Waals surface area contributed by atoms with Gasteiger partial charge in [0, 0.05) is 13.0 Å². The first-order valence-corrected chi connectivity index (χ1v) is 6.18. The normalized spacial score (nSPS) is 30.4. The Labute approximate surface area is 107 Å². The average molecular weight is 253 g/mol. The van der Waals surface area contributed by atoms with E-state index in [9.17, 15) is 9.59 Å². The van der Waals surface area contributed by atoms with Gasteiger partial charge in [-0.25, -0.2) is 4.79 Å². The molecule has 0 unspecified atom stereocenters. The third-order valence-electron chi connectivity index (χ3n) is 2.93. The van der Waals surface area contributed by atoms with Gasteiger partial charge < -0.3 is 14.8 Å². The van der Waals surface area contributed by atoms with Gasteiger partial charge in [-0.3, -0.25) is 4.79 Å². The maximum Gasteiger partial charge on any atom is 0.407 e. The van der Waals surface area contributed by atoms with Crippen LogP contribution in [-0.4, -0.2) is 36.2 Å². The van der Waals surface area contributed by atoms with Crippen molar-refractivity contribution in [1.29, 1.82) is 0 Å². The van der Waals surface area contributed by atoms with E-state index in [2.05, 4.69) is 5.32 Å². The van der Waals surface area contributed by atoms with Crippen molar-refractivity contribution in [2.24, 2.45) is 5.92 Å². The number of fused-ring (bicyclic) bond motifs is 2. The Bertz CT molecular complexity index is 383. The van der Waals surface area contributed by atoms with Crippen molar-refractivity contribution in [3.8, 4) is 0 Å². The predicted octanol–water partition coefficient (Wildman–Crippen LogP) is 1.42. The second kappa shape index (κ2) is 4.72. The Balaban J connectivity index is 1.84. The van der Waals surface area contributed by atoms with Crippen LogP contribution in [0.1, 0.15) is 27.2 Å². The Morgan fingerprint density at radius 2 is 2.22 bits per heavy atom. The zero-order chi connectivity index (χ0) is 13.3. The quantitative estimate of drug-likeness (QED) is 0.756. The minimum atomic E-state index is -0.532. The molecule has 5 heteroatoms. The number of ketones is 1. The highest BCUT2D eigenvalue weighted by atomic mass is 16.6. The first-order chi connectivity index (χ1) is 8.35. The topological polar surface area (TPSA) is 64.6 Å². The number of carbonyl (C=O) groups excluding carboxylic acids is 2. The fourth-order valence-electron chi connectivity index (χ4n) is 2.14. The molecule has 0 aromatic rings.